The molecule has 1 atom stereocenters. The average Bonchev–Trinajstić information content (AvgIpc) is 3.35. The van der Waals surface area contributed by atoms with Crippen molar-refractivity contribution in [3.8, 4) is 0 Å². The van der Waals surface area contributed by atoms with Crippen molar-refractivity contribution in [3.05, 3.63) is 66.0 Å². The standard InChI is InChI=1S/C24H28N4O/c29-11-10-28-9-7-21-5-3-20(14-24(21)28)17-27-8-1-2-19(16-27)12-18-4-6-23-22(13-18)15-25-26-23/h3-7,9,13-15,19,29H,1-2,8,10-12,16-17H2,(H,25,26)/t19-/m0/s1. The zero-order valence-corrected chi connectivity index (χ0v) is 16.7. The number of piperidine rings is 1. The molecular formula is C24H28N4O. The van der Waals surface area contributed by atoms with Crippen molar-refractivity contribution < 1.29 is 5.11 Å². The number of rotatable bonds is 6. The number of nitrogens with zero attached hydrogens (tertiary/aromatic N) is 3. The van der Waals surface area contributed by atoms with Gasteiger partial charge in [0, 0.05) is 36.7 Å². The highest BCUT2D eigenvalue weighted by Crippen LogP contribution is 2.25. The lowest BCUT2D eigenvalue weighted by molar-refractivity contribution is 0.167. The van der Waals surface area contributed by atoms with Gasteiger partial charge < -0.3 is 9.67 Å². The molecule has 3 heterocycles. The number of aliphatic hydroxyl groups excluding tert-OH is 1. The van der Waals surface area contributed by atoms with Crippen LogP contribution in [0.25, 0.3) is 21.8 Å². The maximum Gasteiger partial charge on any atom is 0.0650 e. The van der Waals surface area contributed by atoms with Gasteiger partial charge >= 0.3 is 0 Å². The fourth-order valence-corrected chi connectivity index (χ4v) is 4.80. The predicted molar refractivity (Wildman–Crippen MR) is 117 cm³/mol. The molecule has 5 nitrogen and oxygen atoms in total. The average molecular weight is 389 g/mol. The minimum atomic E-state index is 0.173. The number of H-pyrrole nitrogens is 1. The van der Waals surface area contributed by atoms with Crippen molar-refractivity contribution in [3.63, 3.8) is 0 Å². The van der Waals surface area contributed by atoms with Crippen LogP contribution >= 0.6 is 0 Å². The maximum absolute atomic E-state index is 9.29. The van der Waals surface area contributed by atoms with Gasteiger partial charge in [0.1, 0.15) is 0 Å². The highest BCUT2D eigenvalue weighted by molar-refractivity contribution is 5.81. The molecule has 0 saturated carbocycles. The van der Waals surface area contributed by atoms with Gasteiger partial charge in [0.05, 0.1) is 18.3 Å². The van der Waals surface area contributed by atoms with Gasteiger partial charge in [-0.1, -0.05) is 18.2 Å². The van der Waals surface area contributed by atoms with Crippen LogP contribution in [0.5, 0.6) is 0 Å². The number of likely N-dealkylation sites (tertiary alicyclic amines) is 1. The van der Waals surface area contributed by atoms with E-state index in [1.807, 2.05) is 6.20 Å². The Morgan fingerprint density at radius 3 is 2.93 bits per heavy atom. The Balaban J connectivity index is 1.26. The molecule has 1 fully saturated rings. The van der Waals surface area contributed by atoms with E-state index in [4.69, 9.17) is 0 Å². The van der Waals surface area contributed by atoms with E-state index in [2.05, 4.69) is 68.3 Å². The molecule has 150 valence electrons. The minimum absolute atomic E-state index is 0.173. The van der Waals surface area contributed by atoms with Crippen LogP contribution in [-0.2, 0) is 19.5 Å². The molecule has 1 aliphatic rings. The maximum atomic E-state index is 9.29. The third-order valence-corrected chi connectivity index (χ3v) is 6.22. The third kappa shape index (κ3) is 3.93. The zero-order chi connectivity index (χ0) is 19.6. The molecule has 2 aromatic heterocycles. The second-order valence-electron chi connectivity index (χ2n) is 8.37. The first-order chi connectivity index (χ1) is 14.3. The molecule has 2 aromatic carbocycles. The van der Waals surface area contributed by atoms with E-state index in [0.717, 1.165) is 25.0 Å². The lowest BCUT2D eigenvalue weighted by Crippen LogP contribution is -2.35. The van der Waals surface area contributed by atoms with Gasteiger partial charge in [-0.3, -0.25) is 10.00 Å². The summed E-state index contributed by atoms with van der Waals surface area (Å²) in [5.74, 6) is 0.704. The molecule has 0 aliphatic carbocycles. The molecular weight excluding hydrogens is 360 g/mol. The van der Waals surface area contributed by atoms with E-state index >= 15 is 0 Å². The summed E-state index contributed by atoms with van der Waals surface area (Å²) in [5.41, 5.74) is 5.10. The van der Waals surface area contributed by atoms with Gasteiger partial charge in [-0.2, -0.15) is 5.10 Å². The van der Waals surface area contributed by atoms with Crippen LogP contribution in [0, 0.1) is 5.92 Å². The molecule has 0 radical (unpaired) electrons. The summed E-state index contributed by atoms with van der Waals surface area (Å²) >= 11 is 0. The Morgan fingerprint density at radius 2 is 2.00 bits per heavy atom. The second kappa shape index (κ2) is 8.01. The highest BCUT2D eigenvalue weighted by atomic mass is 16.3. The van der Waals surface area contributed by atoms with Gasteiger partial charge in [-0.25, -0.2) is 0 Å². The summed E-state index contributed by atoms with van der Waals surface area (Å²) in [4.78, 5) is 2.60. The summed E-state index contributed by atoms with van der Waals surface area (Å²) in [6, 6.07) is 15.5. The van der Waals surface area contributed by atoms with Crippen molar-refractivity contribution in [1.82, 2.24) is 19.7 Å². The molecule has 29 heavy (non-hydrogen) atoms. The third-order valence-electron chi connectivity index (χ3n) is 6.22. The van der Waals surface area contributed by atoms with Gasteiger partial charge in [0.2, 0.25) is 0 Å². The quantitative estimate of drug-likeness (QED) is 0.526. The molecule has 0 spiro atoms. The molecule has 5 heteroatoms. The molecule has 2 N–H and O–H groups in total. The van der Waals surface area contributed by atoms with Crippen LogP contribution in [0.2, 0.25) is 0 Å². The Kier molecular flexibility index (Phi) is 5.08. The number of aliphatic hydroxyl groups is 1. The molecule has 0 amide bonds. The Labute approximate surface area is 171 Å². The number of hydrogen-bond acceptors (Lipinski definition) is 3. The SMILES string of the molecule is OCCn1ccc2ccc(CN3CCC[C@@H](Cc4ccc5[nH]ncc5c4)C3)cc21. The van der Waals surface area contributed by atoms with Crippen molar-refractivity contribution >= 4 is 21.8 Å². The van der Waals surface area contributed by atoms with Gasteiger partial charge in [0.25, 0.3) is 0 Å². The van der Waals surface area contributed by atoms with Crippen LogP contribution < -0.4 is 0 Å². The Hall–Kier alpha value is -2.63. The molecule has 4 aromatic rings. The lowest BCUT2D eigenvalue weighted by Gasteiger charge is -2.33. The fraction of sp³-hybridized carbons (Fsp3) is 0.375. The van der Waals surface area contributed by atoms with E-state index in [1.54, 1.807) is 0 Å². The minimum Gasteiger partial charge on any atom is -0.395 e. The smallest absolute Gasteiger partial charge is 0.0650 e. The zero-order valence-electron chi connectivity index (χ0n) is 16.7. The number of aromatic amines is 1. The number of nitrogens with one attached hydrogen (secondary N) is 1. The van der Waals surface area contributed by atoms with Crippen LogP contribution in [0.1, 0.15) is 24.0 Å². The molecule has 0 bridgehead atoms. The first kappa shape index (κ1) is 18.4. The molecule has 1 saturated heterocycles. The molecule has 0 unspecified atom stereocenters. The first-order valence-corrected chi connectivity index (χ1v) is 10.6. The van der Waals surface area contributed by atoms with Crippen LogP contribution in [0.15, 0.2) is 54.9 Å². The lowest BCUT2D eigenvalue weighted by atomic mass is 9.90. The van der Waals surface area contributed by atoms with E-state index in [0.29, 0.717) is 12.5 Å². The van der Waals surface area contributed by atoms with E-state index < -0.39 is 0 Å². The summed E-state index contributed by atoms with van der Waals surface area (Å²) in [7, 11) is 0. The van der Waals surface area contributed by atoms with Crippen molar-refractivity contribution in [2.24, 2.45) is 5.92 Å². The van der Waals surface area contributed by atoms with Gasteiger partial charge in [-0.05, 0) is 72.5 Å². The first-order valence-electron chi connectivity index (χ1n) is 10.6. The summed E-state index contributed by atoms with van der Waals surface area (Å²) in [5, 5.41) is 18.9. The monoisotopic (exact) mass is 388 g/mol. The van der Waals surface area contributed by atoms with E-state index in [9.17, 15) is 5.11 Å². The van der Waals surface area contributed by atoms with Gasteiger partial charge in [0.15, 0.2) is 0 Å². The van der Waals surface area contributed by atoms with E-state index in [-0.39, 0.29) is 6.61 Å². The number of aromatic nitrogens is 3. The van der Waals surface area contributed by atoms with Gasteiger partial charge in [-0.15, -0.1) is 0 Å². The Bertz CT molecular complexity index is 1110. The Morgan fingerprint density at radius 1 is 1.07 bits per heavy atom. The predicted octanol–water partition coefficient (Wildman–Crippen LogP) is 3.96. The largest absolute Gasteiger partial charge is 0.395 e. The van der Waals surface area contributed by atoms with Crippen molar-refractivity contribution in [1.29, 1.82) is 0 Å². The normalized spacial score (nSPS) is 18.0. The topological polar surface area (TPSA) is 57.1 Å². The number of fused-ring (bicyclic) bond motifs is 2. The number of hydrogen-bond donors (Lipinski definition) is 2. The van der Waals surface area contributed by atoms with Crippen LogP contribution in [-0.4, -0.2) is 44.5 Å². The number of benzene rings is 2. The van der Waals surface area contributed by atoms with Crippen LogP contribution in [0.3, 0.4) is 0 Å². The fourth-order valence-electron chi connectivity index (χ4n) is 4.80. The molecule has 1 aliphatic heterocycles. The summed E-state index contributed by atoms with van der Waals surface area (Å²) in [6.45, 7) is 4.15. The molecule has 5 rings (SSSR count). The van der Waals surface area contributed by atoms with E-state index in [1.165, 1.54) is 46.8 Å². The van der Waals surface area contributed by atoms with Crippen LogP contribution in [0.4, 0.5) is 0 Å². The van der Waals surface area contributed by atoms with Crippen molar-refractivity contribution in [2.45, 2.75) is 32.4 Å². The summed E-state index contributed by atoms with van der Waals surface area (Å²) < 4.78 is 2.14. The second-order valence-corrected chi connectivity index (χ2v) is 8.37. The summed E-state index contributed by atoms with van der Waals surface area (Å²) in [6.07, 6.45) is 7.68. The van der Waals surface area contributed by atoms with Crippen molar-refractivity contribution in [2.75, 3.05) is 19.7 Å². The highest BCUT2D eigenvalue weighted by Gasteiger charge is 2.20.